The van der Waals surface area contributed by atoms with Crippen LogP contribution in [0.3, 0.4) is 0 Å². The van der Waals surface area contributed by atoms with Crippen LogP contribution in [0.5, 0.6) is 0 Å². The summed E-state index contributed by atoms with van der Waals surface area (Å²) in [5.74, 6) is 0. The van der Waals surface area contributed by atoms with Gasteiger partial charge in [0.2, 0.25) is 0 Å². The van der Waals surface area contributed by atoms with E-state index >= 15 is 0 Å². The van der Waals surface area contributed by atoms with Gasteiger partial charge in [-0.25, -0.2) is 0 Å². The molecule has 0 amide bonds. The second-order valence-corrected chi connectivity index (χ2v) is 35.3. The van der Waals surface area contributed by atoms with Crippen molar-refractivity contribution in [3.63, 3.8) is 0 Å². The van der Waals surface area contributed by atoms with Crippen LogP contribution in [0.2, 0.25) is 39.3 Å². The second-order valence-electron chi connectivity index (χ2n) is 7.97. The van der Waals surface area contributed by atoms with E-state index in [0.29, 0.717) is 0 Å². The summed E-state index contributed by atoms with van der Waals surface area (Å²) in [4.78, 5) is 0. The zero-order chi connectivity index (χ0) is 15.5. The molecular formula is C18H26Si3. The summed E-state index contributed by atoms with van der Waals surface area (Å²) in [6, 6.07) is 18.5. The van der Waals surface area contributed by atoms with E-state index in [-0.39, 0.29) is 0 Å². The van der Waals surface area contributed by atoms with Gasteiger partial charge >= 0.3 is 0 Å². The quantitative estimate of drug-likeness (QED) is 0.640. The third kappa shape index (κ3) is 1.84. The van der Waals surface area contributed by atoms with Crippen LogP contribution in [0.15, 0.2) is 48.5 Å². The minimum atomic E-state index is -1.42. The number of hydrogen-bond donors (Lipinski definition) is 0. The molecule has 0 atom stereocenters. The Kier molecular flexibility index (Phi) is 3.24. The average Bonchev–Trinajstić information content (AvgIpc) is 2.49. The molecule has 0 aromatic heterocycles. The van der Waals surface area contributed by atoms with Crippen LogP contribution in [0.1, 0.15) is 0 Å². The summed E-state index contributed by atoms with van der Waals surface area (Å²) >= 11 is 0. The molecular weight excluding hydrogens is 300 g/mol. The van der Waals surface area contributed by atoms with Crippen molar-refractivity contribution in [3.8, 4) is 11.1 Å². The SMILES string of the molecule is C[Si]1(C)c2ccccc2-c2ccccc2[Si](C)(C)[Si]1(C)C. The molecule has 1 aliphatic heterocycles. The van der Waals surface area contributed by atoms with Gasteiger partial charge in [0.05, 0.1) is 15.2 Å². The lowest BCUT2D eigenvalue weighted by atomic mass is 10.1. The molecule has 1 heterocycles. The predicted molar refractivity (Wildman–Crippen MR) is 104 cm³/mol. The first-order valence-corrected chi connectivity index (χ1v) is 18.9. The predicted octanol–water partition coefficient (Wildman–Crippen LogP) is 4.06. The van der Waals surface area contributed by atoms with Crippen LogP contribution in [-0.2, 0) is 0 Å². The van der Waals surface area contributed by atoms with Crippen LogP contribution in [-0.4, -0.2) is 22.3 Å². The molecule has 2 aromatic rings. The number of fused-ring (bicyclic) bond motifs is 3. The Balaban J connectivity index is 2.49. The Morgan fingerprint density at radius 2 is 0.857 bits per heavy atom. The zero-order valence-corrected chi connectivity index (χ0v) is 17.1. The van der Waals surface area contributed by atoms with Gasteiger partial charge in [-0.1, -0.05) is 98.2 Å². The van der Waals surface area contributed by atoms with E-state index in [1.165, 1.54) is 11.1 Å². The van der Waals surface area contributed by atoms with E-state index < -0.39 is 22.3 Å². The van der Waals surface area contributed by atoms with Crippen LogP contribution >= 0.6 is 0 Å². The molecule has 3 heteroatoms. The molecule has 0 fully saturated rings. The molecule has 110 valence electrons. The van der Waals surface area contributed by atoms with E-state index in [1.807, 2.05) is 0 Å². The van der Waals surface area contributed by atoms with E-state index in [9.17, 15) is 0 Å². The first kappa shape index (κ1) is 15.0. The first-order chi connectivity index (χ1) is 9.71. The Bertz CT molecular complexity index is 640. The molecule has 3 rings (SSSR count). The third-order valence-electron chi connectivity index (χ3n) is 6.62. The lowest BCUT2D eigenvalue weighted by Gasteiger charge is -2.47. The maximum absolute atomic E-state index is 2.68. The highest BCUT2D eigenvalue weighted by atomic mass is 29.6. The minimum Gasteiger partial charge on any atom is -0.0725 e. The van der Waals surface area contributed by atoms with Crippen molar-refractivity contribution in [2.75, 3.05) is 0 Å². The van der Waals surface area contributed by atoms with Gasteiger partial charge in [-0.2, -0.15) is 0 Å². The largest absolute Gasteiger partial charge is 0.0725 e. The molecule has 0 saturated heterocycles. The zero-order valence-electron chi connectivity index (χ0n) is 14.1. The Morgan fingerprint density at radius 1 is 0.524 bits per heavy atom. The lowest BCUT2D eigenvalue weighted by molar-refractivity contribution is 1.66. The molecule has 2 aromatic carbocycles. The van der Waals surface area contributed by atoms with E-state index in [4.69, 9.17) is 0 Å². The molecule has 0 radical (unpaired) electrons. The molecule has 0 unspecified atom stereocenters. The number of hydrogen-bond acceptors (Lipinski definition) is 0. The summed E-state index contributed by atoms with van der Waals surface area (Å²) in [6.07, 6.45) is 0. The van der Waals surface area contributed by atoms with Gasteiger partial charge in [-0.05, 0) is 11.1 Å². The van der Waals surface area contributed by atoms with Crippen LogP contribution in [0.4, 0.5) is 0 Å². The number of rotatable bonds is 0. The lowest BCUT2D eigenvalue weighted by Crippen LogP contribution is -2.77. The smallest absolute Gasteiger partial charge is 0.0725 e. The monoisotopic (exact) mass is 326 g/mol. The highest BCUT2D eigenvalue weighted by molar-refractivity contribution is 7.73. The van der Waals surface area contributed by atoms with Gasteiger partial charge in [-0.15, -0.1) is 0 Å². The maximum Gasteiger partial charge on any atom is 0.0725 e. The fourth-order valence-corrected chi connectivity index (χ4v) is 36.2. The third-order valence-corrected chi connectivity index (χ3v) is 48.0. The summed E-state index contributed by atoms with van der Waals surface area (Å²) < 4.78 is 0. The van der Waals surface area contributed by atoms with Crippen molar-refractivity contribution in [1.29, 1.82) is 0 Å². The van der Waals surface area contributed by atoms with Crippen LogP contribution < -0.4 is 10.4 Å². The van der Waals surface area contributed by atoms with Crippen molar-refractivity contribution in [2.45, 2.75) is 39.3 Å². The molecule has 0 aliphatic carbocycles. The molecule has 0 bridgehead atoms. The summed E-state index contributed by atoms with van der Waals surface area (Å²) in [7, 11) is -4.16. The van der Waals surface area contributed by atoms with E-state index in [1.54, 1.807) is 10.4 Å². The fraction of sp³-hybridized carbons (Fsp3) is 0.333. The topological polar surface area (TPSA) is 0 Å². The van der Waals surface area contributed by atoms with Crippen molar-refractivity contribution >= 4 is 32.7 Å². The molecule has 1 aliphatic rings. The molecule has 0 nitrogen and oxygen atoms in total. The average molecular weight is 327 g/mol. The second kappa shape index (κ2) is 4.54. The Morgan fingerprint density at radius 3 is 1.24 bits per heavy atom. The Labute approximate surface area is 131 Å². The van der Waals surface area contributed by atoms with Gasteiger partial charge in [0.1, 0.15) is 0 Å². The minimum absolute atomic E-state index is 1.32. The van der Waals surface area contributed by atoms with Gasteiger partial charge in [0, 0.05) is 7.11 Å². The normalized spacial score (nSPS) is 21.0. The van der Waals surface area contributed by atoms with Crippen molar-refractivity contribution in [3.05, 3.63) is 48.5 Å². The van der Waals surface area contributed by atoms with Crippen molar-refractivity contribution in [1.82, 2.24) is 0 Å². The van der Waals surface area contributed by atoms with Gasteiger partial charge in [-0.3, -0.25) is 0 Å². The van der Waals surface area contributed by atoms with Crippen LogP contribution in [0, 0.1) is 0 Å². The van der Waals surface area contributed by atoms with Gasteiger partial charge in [0.25, 0.3) is 0 Å². The Hall–Kier alpha value is -0.909. The summed E-state index contributed by atoms with van der Waals surface area (Å²) in [5, 5.41) is 3.40. The van der Waals surface area contributed by atoms with E-state index in [2.05, 4.69) is 87.8 Å². The highest BCUT2D eigenvalue weighted by Crippen LogP contribution is 2.36. The first-order valence-electron chi connectivity index (χ1n) is 7.90. The van der Waals surface area contributed by atoms with Crippen LogP contribution in [0.25, 0.3) is 11.1 Å². The molecule has 0 N–H and O–H groups in total. The molecule has 21 heavy (non-hydrogen) atoms. The molecule has 0 saturated carbocycles. The molecule has 0 spiro atoms. The van der Waals surface area contributed by atoms with Crippen molar-refractivity contribution in [2.24, 2.45) is 0 Å². The highest BCUT2D eigenvalue weighted by Gasteiger charge is 2.56. The van der Waals surface area contributed by atoms with Gasteiger partial charge < -0.3 is 0 Å². The fourth-order valence-electron chi connectivity index (χ4n) is 3.98. The van der Waals surface area contributed by atoms with E-state index in [0.717, 1.165) is 0 Å². The van der Waals surface area contributed by atoms with Crippen molar-refractivity contribution < 1.29 is 0 Å². The summed E-state index contributed by atoms with van der Waals surface area (Å²) in [6.45, 7) is 15.9. The standard InChI is InChI=1S/C18H26Si3/c1-19(2)17-13-9-7-11-15(17)16-12-8-10-14-18(16)20(3,4)21(19,5)6/h7-14H,1-6H3. The number of benzene rings is 2. The maximum atomic E-state index is 2.68. The summed E-state index contributed by atoms with van der Waals surface area (Å²) in [5.41, 5.74) is 3.06. The van der Waals surface area contributed by atoms with Gasteiger partial charge in [0.15, 0.2) is 0 Å².